The summed E-state index contributed by atoms with van der Waals surface area (Å²) in [5.41, 5.74) is 2.26. The topological polar surface area (TPSA) is 57.7 Å². The highest BCUT2D eigenvalue weighted by molar-refractivity contribution is 7.91. The van der Waals surface area contributed by atoms with Crippen LogP contribution in [-0.2, 0) is 21.2 Å². The minimum Gasteiger partial charge on any atom is -0.372 e. The smallest absolute Gasteiger partial charge is 0.227 e. The molecular formula is C16H22N2O3S. The van der Waals surface area contributed by atoms with Gasteiger partial charge < -0.3 is 9.80 Å². The second kappa shape index (κ2) is 5.57. The third-order valence-corrected chi connectivity index (χ3v) is 6.45. The molecule has 1 saturated heterocycles. The molecule has 22 heavy (non-hydrogen) atoms. The average molecular weight is 322 g/mol. The number of anilines is 1. The third kappa shape index (κ3) is 2.84. The first-order valence-electron chi connectivity index (χ1n) is 7.67. The van der Waals surface area contributed by atoms with E-state index in [1.165, 1.54) is 0 Å². The van der Waals surface area contributed by atoms with Gasteiger partial charge in [0.05, 0.1) is 17.4 Å². The first kappa shape index (κ1) is 15.3. The minimum atomic E-state index is -3.03. The molecule has 2 aliphatic rings. The first-order chi connectivity index (χ1) is 10.4. The van der Waals surface area contributed by atoms with Crippen LogP contribution in [0.25, 0.3) is 0 Å². The molecule has 1 aromatic rings. The minimum absolute atomic E-state index is 0.00649. The molecule has 0 aliphatic carbocycles. The van der Waals surface area contributed by atoms with E-state index in [1.807, 2.05) is 37.1 Å². The Balaban J connectivity index is 1.86. The molecule has 1 fully saturated rings. The van der Waals surface area contributed by atoms with E-state index in [0.29, 0.717) is 13.0 Å². The predicted octanol–water partition coefficient (Wildman–Crippen LogP) is 1.29. The number of carbonyl (C=O) groups is 1. The van der Waals surface area contributed by atoms with Gasteiger partial charge >= 0.3 is 0 Å². The molecule has 0 N–H and O–H groups in total. The number of rotatable bonds is 1. The van der Waals surface area contributed by atoms with Crippen molar-refractivity contribution in [2.45, 2.75) is 25.9 Å². The fourth-order valence-corrected chi connectivity index (χ4v) is 5.20. The van der Waals surface area contributed by atoms with Gasteiger partial charge in [-0.3, -0.25) is 4.79 Å². The highest BCUT2D eigenvalue weighted by Crippen LogP contribution is 2.29. The molecule has 3 rings (SSSR count). The van der Waals surface area contributed by atoms with Crippen molar-refractivity contribution in [2.75, 3.05) is 30.0 Å². The van der Waals surface area contributed by atoms with Crippen molar-refractivity contribution in [2.24, 2.45) is 5.92 Å². The van der Waals surface area contributed by atoms with Crippen LogP contribution in [0.15, 0.2) is 24.3 Å². The summed E-state index contributed by atoms with van der Waals surface area (Å²) in [6, 6.07) is 8.14. The summed E-state index contributed by atoms with van der Waals surface area (Å²) in [6.07, 6.45) is 0.460. The van der Waals surface area contributed by atoms with Gasteiger partial charge in [-0.1, -0.05) is 18.2 Å². The van der Waals surface area contributed by atoms with E-state index in [4.69, 9.17) is 0 Å². The molecule has 0 radical (unpaired) electrons. The number of fused-ring (bicyclic) bond motifs is 1. The van der Waals surface area contributed by atoms with Crippen LogP contribution in [-0.4, -0.2) is 50.4 Å². The second-order valence-corrected chi connectivity index (χ2v) is 8.65. The number of carbonyl (C=O) groups excluding carboxylic acids is 1. The largest absolute Gasteiger partial charge is 0.372 e. The van der Waals surface area contributed by atoms with Gasteiger partial charge in [0.25, 0.3) is 0 Å². The van der Waals surface area contributed by atoms with E-state index in [-0.39, 0.29) is 29.4 Å². The molecule has 0 bridgehead atoms. The lowest BCUT2D eigenvalue weighted by atomic mass is 10.1. The van der Waals surface area contributed by atoms with Gasteiger partial charge in [0, 0.05) is 31.9 Å². The molecule has 2 heterocycles. The molecule has 0 saturated carbocycles. The molecule has 1 amide bonds. The zero-order valence-corrected chi connectivity index (χ0v) is 13.8. The molecule has 0 unspecified atom stereocenters. The van der Waals surface area contributed by atoms with E-state index in [1.54, 1.807) is 0 Å². The van der Waals surface area contributed by atoms with E-state index < -0.39 is 9.84 Å². The maximum atomic E-state index is 12.8. The van der Waals surface area contributed by atoms with Gasteiger partial charge in [-0.15, -0.1) is 0 Å². The SMILES string of the molecule is C[C@@H]1CN(C)c2ccccc2CN1C(=O)[C@H]1CCS(=O)(=O)C1. The van der Waals surface area contributed by atoms with Gasteiger partial charge in [-0.05, 0) is 25.0 Å². The van der Waals surface area contributed by atoms with Gasteiger partial charge in [0.2, 0.25) is 5.91 Å². The fourth-order valence-electron chi connectivity index (χ4n) is 3.47. The number of sulfone groups is 1. The Hall–Kier alpha value is -1.56. The van der Waals surface area contributed by atoms with Crippen LogP contribution in [0.1, 0.15) is 18.9 Å². The Kier molecular flexibility index (Phi) is 3.89. The normalized spacial score (nSPS) is 27.4. The Morgan fingerprint density at radius 1 is 1.27 bits per heavy atom. The summed E-state index contributed by atoms with van der Waals surface area (Å²) in [6.45, 7) is 3.34. The van der Waals surface area contributed by atoms with E-state index in [9.17, 15) is 13.2 Å². The van der Waals surface area contributed by atoms with Gasteiger partial charge in [-0.25, -0.2) is 8.42 Å². The molecular weight excluding hydrogens is 300 g/mol. The lowest BCUT2D eigenvalue weighted by Crippen LogP contribution is -2.44. The van der Waals surface area contributed by atoms with Crippen molar-refractivity contribution >= 4 is 21.4 Å². The summed E-state index contributed by atoms with van der Waals surface area (Å²) in [7, 11) is -1.00. The molecule has 2 aliphatic heterocycles. The molecule has 1 aromatic carbocycles. The zero-order valence-electron chi connectivity index (χ0n) is 13.0. The van der Waals surface area contributed by atoms with Gasteiger partial charge in [-0.2, -0.15) is 0 Å². The average Bonchev–Trinajstić information content (AvgIpc) is 2.78. The van der Waals surface area contributed by atoms with Crippen molar-refractivity contribution in [1.29, 1.82) is 0 Å². The highest BCUT2D eigenvalue weighted by Gasteiger charge is 2.37. The summed E-state index contributed by atoms with van der Waals surface area (Å²) in [5, 5.41) is 0. The summed E-state index contributed by atoms with van der Waals surface area (Å²) in [4.78, 5) is 16.8. The van der Waals surface area contributed by atoms with Crippen molar-refractivity contribution in [3.8, 4) is 0 Å². The fraction of sp³-hybridized carbons (Fsp3) is 0.562. The van der Waals surface area contributed by atoms with E-state index >= 15 is 0 Å². The number of nitrogens with zero attached hydrogens (tertiary/aromatic N) is 2. The van der Waals surface area contributed by atoms with E-state index in [0.717, 1.165) is 17.8 Å². The second-order valence-electron chi connectivity index (χ2n) is 6.42. The molecule has 2 atom stereocenters. The molecule has 120 valence electrons. The number of benzene rings is 1. The van der Waals surface area contributed by atoms with Crippen molar-refractivity contribution in [1.82, 2.24) is 4.90 Å². The van der Waals surface area contributed by atoms with E-state index in [2.05, 4.69) is 11.0 Å². The number of hydrogen-bond acceptors (Lipinski definition) is 4. The number of likely N-dealkylation sites (N-methyl/N-ethyl adjacent to an activating group) is 1. The lowest BCUT2D eigenvalue weighted by molar-refractivity contribution is -0.137. The number of amides is 1. The van der Waals surface area contributed by atoms with Crippen molar-refractivity contribution in [3.05, 3.63) is 29.8 Å². The molecule has 6 heteroatoms. The summed E-state index contributed by atoms with van der Waals surface area (Å²) in [5.74, 6) is -0.240. The van der Waals surface area contributed by atoms with Crippen LogP contribution in [0.4, 0.5) is 5.69 Å². The summed E-state index contributed by atoms with van der Waals surface area (Å²) >= 11 is 0. The van der Waals surface area contributed by atoms with Crippen LogP contribution in [0.3, 0.4) is 0 Å². The Morgan fingerprint density at radius 3 is 2.68 bits per heavy atom. The highest BCUT2D eigenvalue weighted by atomic mass is 32.2. The van der Waals surface area contributed by atoms with Crippen molar-refractivity contribution < 1.29 is 13.2 Å². The summed E-state index contributed by atoms with van der Waals surface area (Å²) < 4.78 is 23.3. The van der Waals surface area contributed by atoms with Crippen LogP contribution in [0.2, 0.25) is 0 Å². The maximum absolute atomic E-state index is 12.8. The standard InChI is InChI=1S/C16H22N2O3S/c1-12-9-17(2)15-6-4-3-5-13(15)10-18(12)16(19)14-7-8-22(20,21)11-14/h3-6,12,14H,7-11H2,1-2H3/t12-,14+/m1/s1. The molecule has 0 spiro atoms. The predicted molar refractivity (Wildman–Crippen MR) is 86.5 cm³/mol. The third-order valence-electron chi connectivity index (χ3n) is 4.68. The number of para-hydroxylation sites is 1. The van der Waals surface area contributed by atoms with Gasteiger partial charge in [0.1, 0.15) is 0 Å². The monoisotopic (exact) mass is 322 g/mol. The quantitative estimate of drug-likeness (QED) is 0.782. The molecule has 0 aromatic heterocycles. The first-order valence-corrected chi connectivity index (χ1v) is 9.49. The number of hydrogen-bond donors (Lipinski definition) is 0. The Labute approximate surface area is 131 Å². The maximum Gasteiger partial charge on any atom is 0.227 e. The zero-order chi connectivity index (χ0) is 15.9. The Bertz CT molecular complexity index is 686. The van der Waals surface area contributed by atoms with Gasteiger partial charge in [0.15, 0.2) is 9.84 Å². The van der Waals surface area contributed by atoms with Crippen LogP contribution in [0, 0.1) is 5.92 Å². The lowest BCUT2D eigenvalue weighted by Gasteiger charge is -2.30. The van der Waals surface area contributed by atoms with Crippen LogP contribution >= 0.6 is 0 Å². The Morgan fingerprint density at radius 2 is 2.00 bits per heavy atom. The molecule has 5 nitrogen and oxygen atoms in total. The van der Waals surface area contributed by atoms with Crippen LogP contribution in [0.5, 0.6) is 0 Å². The van der Waals surface area contributed by atoms with Crippen molar-refractivity contribution in [3.63, 3.8) is 0 Å². The van der Waals surface area contributed by atoms with Crippen LogP contribution < -0.4 is 4.90 Å².